The molecule has 7 nitrogen and oxygen atoms in total. The molecule has 0 saturated carbocycles. The van der Waals surface area contributed by atoms with Gasteiger partial charge in [0.05, 0.1) is 28.5 Å². The molecule has 176 valence electrons. The van der Waals surface area contributed by atoms with Crippen molar-refractivity contribution in [1.82, 2.24) is 14.7 Å². The van der Waals surface area contributed by atoms with Crippen molar-refractivity contribution in [3.63, 3.8) is 0 Å². The van der Waals surface area contributed by atoms with E-state index in [0.29, 0.717) is 35.7 Å². The van der Waals surface area contributed by atoms with Gasteiger partial charge in [0.15, 0.2) is 15.7 Å². The molecule has 0 radical (unpaired) electrons. The second kappa shape index (κ2) is 9.70. The van der Waals surface area contributed by atoms with Crippen molar-refractivity contribution in [3.05, 3.63) is 71.1 Å². The van der Waals surface area contributed by atoms with E-state index in [0.717, 1.165) is 18.4 Å². The first-order valence-corrected chi connectivity index (χ1v) is 12.1. The standard InChI is InChI=1S/C23H25F2N3O4S/c1-15-22(16(2)28(26-15)21-10-9-17(24)13-20(21)25)23(29)27(3)11-6-12-32-18-7-5-8-19(14-18)33(4,30)31/h5,7-10,13-14H,6,11-12H2,1-4H3. The van der Waals surface area contributed by atoms with Crippen molar-refractivity contribution >= 4 is 15.7 Å². The summed E-state index contributed by atoms with van der Waals surface area (Å²) in [6, 6.07) is 9.41. The third-order valence-electron chi connectivity index (χ3n) is 5.13. The molecule has 0 N–H and O–H groups in total. The lowest BCUT2D eigenvalue weighted by atomic mass is 10.1. The summed E-state index contributed by atoms with van der Waals surface area (Å²) in [6.45, 7) is 3.97. The van der Waals surface area contributed by atoms with Crippen molar-refractivity contribution in [1.29, 1.82) is 0 Å². The number of halogens is 2. The number of carbonyl (C=O) groups excluding carboxylic acids is 1. The fourth-order valence-electron chi connectivity index (χ4n) is 3.42. The average molecular weight is 478 g/mol. The number of carbonyl (C=O) groups is 1. The molecule has 1 amide bonds. The highest BCUT2D eigenvalue weighted by molar-refractivity contribution is 7.90. The molecular formula is C23H25F2N3O4S. The minimum Gasteiger partial charge on any atom is -0.493 e. The number of amides is 1. The highest BCUT2D eigenvalue weighted by Crippen LogP contribution is 2.22. The van der Waals surface area contributed by atoms with Crippen LogP contribution < -0.4 is 4.74 Å². The number of hydrogen-bond donors (Lipinski definition) is 0. The molecule has 0 bridgehead atoms. The lowest BCUT2D eigenvalue weighted by Crippen LogP contribution is -2.29. The molecular weight excluding hydrogens is 452 g/mol. The van der Waals surface area contributed by atoms with Crippen molar-refractivity contribution in [3.8, 4) is 11.4 Å². The Bertz CT molecular complexity index is 1290. The summed E-state index contributed by atoms with van der Waals surface area (Å²) in [5, 5.41) is 4.27. The molecule has 0 aliphatic carbocycles. The van der Waals surface area contributed by atoms with Crippen molar-refractivity contribution in [2.45, 2.75) is 25.2 Å². The van der Waals surface area contributed by atoms with Gasteiger partial charge >= 0.3 is 0 Å². The first-order chi connectivity index (χ1) is 15.5. The minimum absolute atomic E-state index is 0.0587. The van der Waals surface area contributed by atoms with Crippen LogP contribution in [0.3, 0.4) is 0 Å². The minimum atomic E-state index is -3.33. The third-order valence-corrected chi connectivity index (χ3v) is 6.24. The second-order valence-electron chi connectivity index (χ2n) is 7.73. The van der Waals surface area contributed by atoms with Crippen LogP contribution in [0.5, 0.6) is 5.75 Å². The van der Waals surface area contributed by atoms with Crippen LogP contribution in [0.2, 0.25) is 0 Å². The monoisotopic (exact) mass is 477 g/mol. The fraction of sp³-hybridized carbons (Fsp3) is 0.304. The Morgan fingerprint density at radius 2 is 1.88 bits per heavy atom. The normalized spacial score (nSPS) is 11.5. The maximum Gasteiger partial charge on any atom is 0.257 e. The molecule has 33 heavy (non-hydrogen) atoms. The van der Waals surface area contributed by atoms with Crippen LogP contribution in [-0.2, 0) is 9.84 Å². The molecule has 0 atom stereocenters. The Balaban J connectivity index is 1.64. The number of rotatable bonds is 8. The molecule has 10 heteroatoms. The van der Waals surface area contributed by atoms with Crippen LogP contribution in [0.25, 0.3) is 5.69 Å². The highest BCUT2D eigenvalue weighted by atomic mass is 32.2. The molecule has 2 aromatic carbocycles. The summed E-state index contributed by atoms with van der Waals surface area (Å²) in [7, 11) is -1.69. The Kier molecular flexibility index (Phi) is 7.16. The first-order valence-electron chi connectivity index (χ1n) is 10.2. The summed E-state index contributed by atoms with van der Waals surface area (Å²) >= 11 is 0. The van der Waals surface area contributed by atoms with E-state index in [1.807, 2.05) is 0 Å². The van der Waals surface area contributed by atoms with Crippen molar-refractivity contribution < 1.29 is 26.7 Å². The molecule has 0 aliphatic heterocycles. The molecule has 0 saturated heterocycles. The van der Waals surface area contributed by atoms with Crippen molar-refractivity contribution in [2.75, 3.05) is 26.5 Å². The van der Waals surface area contributed by atoms with Gasteiger partial charge in [-0.15, -0.1) is 0 Å². The highest BCUT2D eigenvalue weighted by Gasteiger charge is 2.23. The number of aromatic nitrogens is 2. The van der Waals surface area contributed by atoms with Gasteiger partial charge in [-0.05, 0) is 50.6 Å². The maximum atomic E-state index is 14.2. The van der Waals surface area contributed by atoms with E-state index in [9.17, 15) is 22.0 Å². The number of benzene rings is 2. The average Bonchev–Trinajstić information content (AvgIpc) is 3.04. The van der Waals surface area contributed by atoms with Gasteiger partial charge in [-0.25, -0.2) is 21.9 Å². The lowest BCUT2D eigenvalue weighted by molar-refractivity contribution is 0.0786. The Hall–Kier alpha value is -3.27. The molecule has 3 aromatic rings. The number of nitrogens with zero attached hydrogens (tertiary/aromatic N) is 3. The van der Waals surface area contributed by atoms with Gasteiger partial charge < -0.3 is 9.64 Å². The summed E-state index contributed by atoms with van der Waals surface area (Å²) < 4.78 is 57.7. The summed E-state index contributed by atoms with van der Waals surface area (Å²) in [4.78, 5) is 14.7. The van der Waals surface area contributed by atoms with Crippen LogP contribution >= 0.6 is 0 Å². The fourth-order valence-corrected chi connectivity index (χ4v) is 4.07. The van der Waals surface area contributed by atoms with Crippen molar-refractivity contribution in [2.24, 2.45) is 0 Å². The van der Waals surface area contributed by atoms with Gasteiger partial charge in [0.1, 0.15) is 17.3 Å². The lowest BCUT2D eigenvalue weighted by Gasteiger charge is -2.18. The largest absolute Gasteiger partial charge is 0.493 e. The van der Waals surface area contributed by atoms with Crippen LogP contribution in [0.1, 0.15) is 28.2 Å². The third kappa shape index (κ3) is 5.57. The summed E-state index contributed by atoms with van der Waals surface area (Å²) in [5.41, 5.74) is 1.29. The quantitative estimate of drug-likeness (QED) is 0.462. The van der Waals surface area contributed by atoms with Gasteiger partial charge in [0, 0.05) is 25.9 Å². The first kappa shape index (κ1) is 24.4. The topological polar surface area (TPSA) is 81.5 Å². The number of hydrogen-bond acceptors (Lipinski definition) is 5. The van der Waals surface area contributed by atoms with Gasteiger partial charge in [-0.3, -0.25) is 4.79 Å². The predicted octanol–water partition coefficient (Wildman–Crippen LogP) is 3.71. The summed E-state index contributed by atoms with van der Waals surface area (Å²) in [6.07, 6.45) is 1.63. The molecule has 3 rings (SSSR count). The Morgan fingerprint density at radius 1 is 1.15 bits per heavy atom. The zero-order chi connectivity index (χ0) is 24.3. The van der Waals surface area contributed by atoms with Gasteiger partial charge in [0.2, 0.25) is 0 Å². The van der Waals surface area contributed by atoms with Gasteiger partial charge in [0.25, 0.3) is 5.91 Å². The molecule has 0 spiro atoms. The van der Waals surface area contributed by atoms with E-state index >= 15 is 0 Å². The molecule has 1 aromatic heterocycles. The van der Waals surface area contributed by atoms with Crippen LogP contribution in [0.4, 0.5) is 8.78 Å². The van der Waals surface area contributed by atoms with E-state index in [1.54, 1.807) is 33.0 Å². The van der Waals surface area contributed by atoms with E-state index in [4.69, 9.17) is 4.74 Å². The van der Waals surface area contributed by atoms with Gasteiger partial charge in [-0.2, -0.15) is 5.10 Å². The Morgan fingerprint density at radius 3 is 2.55 bits per heavy atom. The maximum absolute atomic E-state index is 14.2. The van der Waals surface area contributed by atoms with Crippen LogP contribution in [-0.4, -0.2) is 55.5 Å². The van der Waals surface area contributed by atoms with E-state index in [2.05, 4.69) is 5.10 Å². The van der Waals surface area contributed by atoms with Crippen LogP contribution in [0.15, 0.2) is 47.4 Å². The zero-order valence-electron chi connectivity index (χ0n) is 18.8. The number of ether oxygens (including phenoxy) is 1. The van der Waals surface area contributed by atoms with E-state index in [-0.39, 0.29) is 23.1 Å². The molecule has 1 heterocycles. The van der Waals surface area contributed by atoms with E-state index < -0.39 is 21.5 Å². The van der Waals surface area contributed by atoms with E-state index in [1.165, 1.54) is 27.8 Å². The Labute approximate surface area is 191 Å². The predicted molar refractivity (Wildman–Crippen MR) is 120 cm³/mol. The number of sulfone groups is 1. The SMILES string of the molecule is Cc1nn(-c2ccc(F)cc2F)c(C)c1C(=O)N(C)CCCOc1cccc(S(C)(=O)=O)c1. The zero-order valence-corrected chi connectivity index (χ0v) is 19.6. The smallest absolute Gasteiger partial charge is 0.257 e. The molecule has 0 fully saturated rings. The van der Waals surface area contributed by atoms with Crippen LogP contribution in [0, 0.1) is 25.5 Å². The molecule has 0 aliphatic rings. The number of aryl methyl sites for hydroxylation is 1. The van der Waals surface area contributed by atoms with Gasteiger partial charge in [-0.1, -0.05) is 6.07 Å². The second-order valence-corrected chi connectivity index (χ2v) is 9.74. The summed E-state index contributed by atoms with van der Waals surface area (Å²) in [5.74, 6) is -1.32. The molecule has 0 unspecified atom stereocenters.